The van der Waals surface area contributed by atoms with Crippen molar-refractivity contribution in [2.45, 2.75) is 6.42 Å². The summed E-state index contributed by atoms with van der Waals surface area (Å²) >= 11 is 5.66. The van der Waals surface area contributed by atoms with Crippen molar-refractivity contribution in [1.82, 2.24) is 0 Å². The second-order valence-corrected chi connectivity index (χ2v) is 4.58. The number of rotatable bonds is 6. The fourth-order valence-electron chi connectivity index (χ4n) is 1.63. The lowest BCUT2D eigenvalue weighted by Gasteiger charge is -2.09. The maximum atomic E-state index is 13.5. The molecule has 2 aromatic rings. The molecule has 0 aliphatic heterocycles. The molecule has 0 radical (unpaired) electrons. The number of hydrogen-bond donors (Lipinski definition) is 1. The van der Waals surface area contributed by atoms with E-state index in [1.165, 1.54) is 6.07 Å². The van der Waals surface area contributed by atoms with Crippen molar-refractivity contribution in [2.75, 3.05) is 18.9 Å². The Morgan fingerprint density at radius 1 is 1.05 bits per heavy atom. The van der Waals surface area contributed by atoms with Gasteiger partial charge in [-0.2, -0.15) is 0 Å². The predicted octanol–water partition coefficient (Wildman–Crippen LogP) is 3.91. The number of nitrogen functional groups attached to an aromatic ring is 1. The number of hydrogen-bond acceptors (Lipinski definition) is 3. The van der Waals surface area contributed by atoms with Gasteiger partial charge in [-0.05, 0) is 24.3 Å². The molecule has 2 rings (SSSR count). The minimum atomic E-state index is -0.536. The first kappa shape index (κ1) is 14.5. The number of ether oxygens (including phenoxy) is 2. The largest absolute Gasteiger partial charge is 0.493 e. The molecule has 0 saturated heterocycles. The number of nitrogens with two attached hydrogens (primary N) is 1. The Hall–Kier alpha value is -1.94. The summed E-state index contributed by atoms with van der Waals surface area (Å²) in [7, 11) is 0. The zero-order valence-electron chi connectivity index (χ0n) is 10.8. The molecule has 0 aliphatic rings. The molecule has 3 nitrogen and oxygen atoms in total. The molecule has 0 saturated carbocycles. The van der Waals surface area contributed by atoms with Crippen LogP contribution in [0.25, 0.3) is 0 Å². The van der Waals surface area contributed by atoms with E-state index in [2.05, 4.69) is 0 Å². The van der Waals surface area contributed by atoms with E-state index >= 15 is 0 Å². The van der Waals surface area contributed by atoms with Gasteiger partial charge in [-0.3, -0.25) is 0 Å². The maximum absolute atomic E-state index is 13.5. The van der Waals surface area contributed by atoms with Crippen LogP contribution in [0.15, 0.2) is 42.5 Å². The minimum absolute atomic E-state index is 0.0542. The molecule has 0 atom stereocenters. The summed E-state index contributed by atoms with van der Waals surface area (Å²) in [5, 5.41) is 0.0542. The molecule has 20 heavy (non-hydrogen) atoms. The molecule has 0 spiro atoms. The van der Waals surface area contributed by atoms with Crippen LogP contribution >= 0.6 is 11.6 Å². The highest BCUT2D eigenvalue weighted by Crippen LogP contribution is 2.24. The summed E-state index contributed by atoms with van der Waals surface area (Å²) in [6, 6.07) is 11.8. The second kappa shape index (κ2) is 7.01. The first-order valence-corrected chi connectivity index (χ1v) is 6.60. The highest BCUT2D eigenvalue weighted by molar-refractivity contribution is 6.30. The molecular weight excluding hydrogens is 281 g/mol. The van der Waals surface area contributed by atoms with Gasteiger partial charge < -0.3 is 15.2 Å². The zero-order valence-corrected chi connectivity index (χ0v) is 11.6. The van der Waals surface area contributed by atoms with Crippen molar-refractivity contribution in [2.24, 2.45) is 0 Å². The van der Waals surface area contributed by atoms with Gasteiger partial charge in [0.05, 0.1) is 18.2 Å². The summed E-state index contributed by atoms with van der Waals surface area (Å²) in [6.45, 7) is 0.811. The van der Waals surface area contributed by atoms with Crippen LogP contribution in [-0.4, -0.2) is 13.2 Å². The summed E-state index contributed by atoms with van der Waals surface area (Å²) < 4.78 is 24.3. The van der Waals surface area contributed by atoms with Gasteiger partial charge in [0.25, 0.3) is 0 Å². The molecule has 0 aliphatic carbocycles. The summed E-state index contributed by atoms with van der Waals surface area (Å²) in [4.78, 5) is 0. The molecule has 5 heteroatoms. The zero-order chi connectivity index (χ0) is 14.4. The van der Waals surface area contributed by atoms with Crippen LogP contribution in [0.5, 0.6) is 11.5 Å². The SMILES string of the molecule is Nc1cccc(OCCCOc2cccc(Cl)c2F)c1. The van der Waals surface area contributed by atoms with Gasteiger partial charge in [0.1, 0.15) is 5.75 Å². The standard InChI is InChI=1S/C15H15ClFNO2/c16-13-6-2-7-14(15(13)17)20-9-3-8-19-12-5-1-4-11(18)10-12/h1-2,4-7,10H,3,8-9,18H2. The first-order chi connectivity index (χ1) is 9.66. The van der Waals surface area contributed by atoms with Crippen molar-refractivity contribution in [3.8, 4) is 11.5 Å². The molecule has 0 fully saturated rings. The van der Waals surface area contributed by atoms with Gasteiger partial charge in [0.15, 0.2) is 11.6 Å². The van der Waals surface area contributed by atoms with Gasteiger partial charge in [0.2, 0.25) is 0 Å². The predicted molar refractivity (Wildman–Crippen MR) is 77.9 cm³/mol. The number of anilines is 1. The van der Waals surface area contributed by atoms with E-state index < -0.39 is 5.82 Å². The van der Waals surface area contributed by atoms with E-state index in [4.69, 9.17) is 26.8 Å². The Morgan fingerprint density at radius 3 is 2.60 bits per heavy atom. The van der Waals surface area contributed by atoms with Crippen molar-refractivity contribution in [3.63, 3.8) is 0 Å². The van der Waals surface area contributed by atoms with Crippen LogP contribution < -0.4 is 15.2 Å². The van der Waals surface area contributed by atoms with Crippen LogP contribution in [0, 0.1) is 5.82 Å². The monoisotopic (exact) mass is 295 g/mol. The molecule has 0 aromatic heterocycles. The van der Waals surface area contributed by atoms with Crippen molar-refractivity contribution in [3.05, 3.63) is 53.3 Å². The fourth-order valence-corrected chi connectivity index (χ4v) is 1.80. The Kier molecular flexibility index (Phi) is 5.07. The third-order valence-electron chi connectivity index (χ3n) is 2.59. The number of halogens is 2. The van der Waals surface area contributed by atoms with Crippen LogP contribution in [0.2, 0.25) is 5.02 Å². The Bertz CT molecular complexity index is 578. The third-order valence-corrected chi connectivity index (χ3v) is 2.88. The highest BCUT2D eigenvalue weighted by Gasteiger charge is 2.06. The summed E-state index contributed by atoms with van der Waals surface area (Å²) in [6.07, 6.45) is 0.626. The molecule has 0 unspecified atom stereocenters. The lowest BCUT2D eigenvalue weighted by atomic mass is 10.3. The van der Waals surface area contributed by atoms with Crippen LogP contribution in [-0.2, 0) is 0 Å². The van der Waals surface area contributed by atoms with E-state index in [0.717, 1.165) is 0 Å². The smallest absolute Gasteiger partial charge is 0.183 e. The third kappa shape index (κ3) is 4.03. The van der Waals surface area contributed by atoms with E-state index in [-0.39, 0.29) is 10.8 Å². The molecule has 0 bridgehead atoms. The van der Waals surface area contributed by atoms with Crippen LogP contribution in [0.4, 0.5) is 10.1 Å². The topological polar surface area (TPSA) is 44.5 Å². The first-order valence-electron chi connectivity index (χ1n) is 6.22. The molecule has 2 N–H and O–H groups in total. The van der Waals surface area contributed by atoms with Crippen molar-refractivity contribution in [1.29, 1.82) is 0 Å². The molecular formula is C15H15ClFNO2. The van der Waals surface area contributed by atoms with Gasteiger partial charge in [-0.1, -0.05) is 23.7 Å². The Labute approximate surface area is 122 Å². The van der Waals surface area contributed by atoms with Gasteiger partial charge in [0, 0.05) is 18.2 Å². The minimum Gasteiger partial charge on any atom is -0.493 e. The molecule has 106 valence electrons. The van der Waals surface area contributed by atoms with Gasteiger partial charge >= 0.3 is 0 Å². The van der Waals surface area contributed by atoms with Crippen LogP contribution in [0.1, 0.15) is 6.42 Å². The maximum Gasteiger partial charge on any atom is 0.183 e. The quantitative estimate of drug-likeness (QED) is 0.649. The highest BCUT2D eigenvalue weighted by atomic mass is 35.5. The molecule has 0 amide bonds. The van der Waals surface area contributed by atoms with E-state index in [1.54, 1.807) is 24.3 Å². The van der Waals surface area contributed by atoms with Crippen molar-refractivity contribution < 1.29 is 13.9 Å². The van der Waals surface area contributed by atoms with Gasteiger partial charge in [-0.15, -0.1) is 0 Å². The van der Waals surface area contributed by atoms with Gasteiger partial charge in [-0.25, -0.2) is 4.39 Å². The van der Waals surface area contributed by atoms with Crippen LogP contribution in [0.3, 0.4) is 0 Å². The lowest BCUT2D eigenvalue weighted by Crippen LogP contribution is -2.06. The lowest BCUT2D eigenvalue weighted by molar-refractivity contribution is 0.241. The number of benzene rings is 2. The second-order valence-electron chi connectivity index (χ2n) is 4.17. The summed E-state index contributed by atoms with van der Waals surface area (Å²) in [5.74, 6) is 0.325. The average Bonchev–Trinajstić information content (AvgIpc) is 2.43. The summed E-state index contributed by atoms with van der Waals surface area (Å²) in [5.41, 5.74) is 6.29. The molecule has 2 aromatic carbocycles. The fraction of sp³-hybridized carbons (Fsp3) is 0.200. The Morgan fingerprint density at radius 2 is 1.80 bits per heavy atom. The molecule has 0 heterocycles. The van der Waals surface area contributed by atoms with E-state index in [9.17, 15) is 4.39 Å². The Balaban J connectivity index is 1.73. The van der Waals surface area contributed by atoms with Crippen molar-refractivity contribution >= 4 is 17.3 Å². The average molecular weight is 296 g/mol. The van der Waals surface area contributed by atoms with E-state index in [0.29, 0.717) is 31.1 Å². The normalized spacial score (nSPS) is 10.3. The van der Waals surface area contributed by atoms with E-state index in [1.807, 2.05) is 12.1 Å².